The molecule has 0 saturated heterocycles. The molecule has 0 aliphatic heterocycles. The molecule has 0 aliphatic carbocycles. The summed E-state index contributed by atoms with van der Waals surface area (Å²) in [5.74, 6) is 1.18. The Bertz CT molecular complexity index is 542. The maximum atomic E-state index is 5.58. The Hall–Kier alpha value is -1.46. The number of thiocarbonyl (C=S) groups is 1. The Morgan fingerprint density at radius 1 is 1.18 bits per heavy atom. The first-order valence-electron chi connectivity index (χ1n) is 4.85. The van der Waals surface area contributed by atoms with Crippen molar-refractivity contribution in [3.63, 3.8) is 0 Å². The fraction of sp³-hybridized carbons (Fsp3) is 0. The summed E-state index contributed by atoms with van der Waals surface area (Å²) in [4.78, 5) is 4.45. The summed E-state index contributed by atoms with van der Waals surface area (Å²) in [6.45, 7) is 0. The number of nitrogens with zero attached hydrogens (tertiary/aromatic N) is 1. The van der Waals surface area contributed by atoms with Crippen LogP contribution in [0.2, 0.25) is 0 Å². The van der Waals surface area contributed by atoms with Crippen molar-refractivity contribution in [1.29, 1.82) is 0 Å². The lowest BCUT2D eigenvalue weighted by Gasteiger charge is -2.05. The highest BCUT2D eigenvalue weighted by molar-refractivity contribution is 9.10. The van der Waals surface area contributed by atoms with Crippen LogP contribution in [0, 0.1) is 0 Å². The van der Waals surface area contributed by atoms with Gasteiger partial charge in [-0.2, -0.15) is 0 Å². The number of aromatic nitrogens is 1. The van der Waals surface area contributed by atoms with E-state index < -0.39 is 0 Å². The fourth-order valence-electron chi connectivity index (χ4n) is 1.23. The molecule has 0 saturated carbocycles. The summed E-state index contributed by atoms with van der Waals surface area (Å²) in [7, 11) is 0. The molecule has 17 heavy (non-hydrogen) atoms. The van der Waals surface area contributed by atoms with Gasteiger partial charge >= 0.3 is 0 Å². The molecule has 1 aromatic heterocycles. The van der Waals surface area contributed by atoms with Gasteiger partial charge in [0.25, 0.3) is 0 Å². The number of hydrogen-bond donors (Lipinski definition) is 1. The predicted molar refractivity (Wildman–Crippen MR) is 74.3 cm³/mol. The molecule has 86 valence electrons. The molecule has 2 aromatic rings. The van der Waals surface area contributed by atoms with Gasteiger partial charge in [-0.25, -0.2) is 4.98 Å². The molecule has 2 rings (SSSR count). The zero-order chi connectivity index (χ0) is 12.3. The molecule has 2 N–H and O–H groups in total. The van der Waals surface area contributed by atoms with Crippen LogP contribution in [0.4, 0.5) is 0 Å². The van der Waals surface area contributed by atoms with Gasteiger partial charge in [-0.1, -0.05) is 34.2 Å². The molecule has 5 heteroatoms. The van der Waals surface area contributed by atoms with Crippen LogP contribution in [0.3, 0.4) is 0 Å². The molecule has 1 aromatic carbocycles. The number of pyridine rings is 1. The molecule has 0 bridgehead atoms. The van der Waals surface area contributed by atoms with Crippen LogP contribution in [0.15, 0.2) is 46.9 Å². The molecule has 0 unspecified atom stereocenters. The highest BCUT2D eigenvalue weighted by Gasteiger charge is 2.02. The molecule has 1 heterocycles. The highest BCUT2D eigenvalue weighted by Crippen LogP contribution is 2.21. The number of halogens is 1. The maximum Gasteiger partial charge on any atom is 0.219 e. The van der Waals surface area contributed by atoms with Gasteiger partial charge in [0, 0.05) is 10.5 Å². The monoisotopic (exact) mass is 308 g/mol. The van der Waals surface area contributed by atoms with Gasteiger partial charge in [-0.3, -0.25) is 0 Å². The second-order valence-electron chi connectivity index (χ2n) is 3.28. The summed E-state index contributed by atoms with van der Waals surface area (Å²) >= 11 is 8.21. The first-order chi connectivity index (χ1) is 8.15. The van der Waals surface area contributed by atoms with Crippen LogP contribution in [0.25, 0.3) is 0 Å². The summed E-state index contributed by atoms with van der Waals surface area (Å²) in [6, 6.07) is 12.8. The molecule has 3 nitrogen and oxygen atoms in total. The number of hydrogen-bond acceptors (Lipinski definition) is 3. The van der Waals surface area contributed by atoms with E-state index in [2.05, 4.69) is 20.9 Å². The van der Waals surface area contributed by atoms with E-state index in [1.165, 1.54) is 0 Å². The smallest absolute Gasteiger partial charge is 0.219 e. The Morgan fingerprint density at radius 2 is 1.88 bits per heavy atom. The number of nitrogens with two attached hydrogens (primary N) is 1. The lowest BCUT2D eigenvalue weighted by atomic mass is 10.3. The van der Waals surface area contributed by atoms with Crippen molar-refractivity contribution in [3.05, 3.63) is 52.6 Å². The van der Waals surface area contributed by atoms with Crippen molar-refractivity contribution in [2.24, 2.45) is 5.73 Å². The van der Waals surface area contributed by atoms with Gasteiger partial charge in [-0.15, -0.1) is 0 Å². The van der Waals surface area contributed by atoms with E-state index in [0.29, 0.717) is 17.3 Å². The lowest BCUT2D eigenvalue weighted by Crippen LogP contribution is -2.11. The number of benzene rings is 1. The molecule has 0 aliphatic rings. The van der Waals surface area contributed by atoms with Crippen LogP contribution in [-0.2, 0) is 0 Å². The van der Waals surface area contributed by atoms with Crippen LogP contribution in [-0.4, -0.2) is 9.97 Å². The molecule has 0 fully saturated rings. The molecule has 0 radical (unpaired) electrons. The van der Waals surface area contributed by atoms with Crippen molar-refractivity contribution < 1.29 is 4.74 Å². The fourth-order valence-corrected chi connectivity index (χ4v) is 1.61. The topological polar surface area (TPSA) is 48.1 Å². The highest BCUT2D eigenvalue weighted by atomic mass is 79.9. The molecular weight excluding hydrogens is 300 g/mol. The molecule has 0 spiro atoms. The van der Waals surface area contributed by atoms with E-state index in [4.69, 9.17) is 22.7 Å². The summed E-state index contributed by atoms with van der Waals surface area (Å²) in [6.07, 6.45) is 0. The first kappa shape index (κ1) is 12.0. The predicted octanol–water partition coefficient (Wildman–Crippen LogP) is 3.27. The van der Waals surface area contributed by atoms with Crippen molar-refractivity contribution in [2.75, 3.05) is 0 Å². The zero-order valence-corrected chi connectivity index (χ0v) is 11.2. The Kier molecular flexibility index (Phi) is 3.71. The van der Waals surface area contributed by atoms with E-state index in [0.717, 1.165) is 4.47 Å². The summed E-state index contributed by atoms with van der Waals surface area (Å²) in [5.41, 5.74) is 6.05. The third-order valence-electron chi connectivity index (χ3n) is 2.01. The Balaban J connectivity index is 2.21. The van der Waals surface area contributed by atoms with Crippen molar-refractivity contribution in [3.8, 4) is 11.6 Å². The molecule has 0 amide bonds. The van der Waals surface area contributed by atoms with Crippen molar-refractivity contribution >= 4 is 33.1 Å². The van der Waals surface area contributed by atoms with E-state index in [1.54, 1.807) is 18.2 Å². The third kappa shape index (κ3) is 3.25. The summed E-state index contributed by atoms with van der Waals surface area (Å²) < 4.78 is 6.57. The molecule has 0 atom stereocenters. The first-order valence-corrected chi connectivity index (χ1v) is 6.05. The van der Waals surface area contributed by atoms with E-state index in [-0.39, 0.29) is 4.99 Å². The average molecular weight is 309 g/mol. The van der Waals surface area contributed by atoms with Crippen molar-refractivity contribution in [1.82, 2.24) is 4.98 Å². The Labute approximate surface area is 113 Å². The zero-order valence-electron chi connectivity index (χ0n) is 8.76. The minimum Gasteiger partial charge on any atom is -0.439 e. The van der Waals surface area contributed by atoms with Gasteiger partial charge < -0.3 is 10.5 Å². The third-order valence-corrected chi connectivity index (χ3v) is 2.75. The summed E-state index contributed by atoms with van der Waals surface area (Å²) in [5, 5.41) is 0. The van der Waals surface area contributed by atoms with Crippen LogP contribution in [0.1, 0.15) is 5.69 Å². The second kappa shape index (κ2) is 5.25. The van der Waals surface area contributed by atoms with Gasteiger partial charge in [0.15, 0.2) is 0 Å². The maximum absolute atomic E-state index is 5.58. The molecular formula is C12H9BrN2OS. The minimum absolute atomic E-state index is 0.256. The average Bonchev–Trinajstić information content (AvgIpc) is 2.32. The van der Waals surface area contributed by atoms with Gasteiger partial charge in [0.2, 0.25) is 5.88 Å². The SMILES string of the molecule is NC(=S)c1cccc(Oc2ccc(Br)cc2)n1. The van der Waals surface area contributed by atoms with Gasteiger partial charge in [0.05, 0.1) is 0 Å². The standard InChI is InChI=1S/C12H9BrN2OS/c13-8-4-6-9(7-5-8)16-11-3-1-2-10(15-11)12(14)17/h1-7H,(H2,14,17). The Morgan fingerprint density at radius 3 is 2.53 bits per heavy atom. The quantitative estimate of drug-likeness (QED) is 0.884. The van der Waals surface area contributed by atoms with E-state index >= 15 is 0 Å². The van der Waals surface area contributed by atoms with Gasteiger partial charge in [-0.05, 0) is 30.3 Å². The van der Waals surface area contributed by atoms with Crippen LogP contribution < -0.4 is 10.5 Å². The largest absolute Gasteiger partial charge is 0.439 e. The van der Waals surface area contributed by atoms with Crippen LogP contribution in [0.5, 0.6) is 11.6 Å². The van der Waals surface area contributed by atoms with Crippen LogP contribution >= 0.6 is 28.1 Å². The number of rotatable bonds is 3. The van der Waals surface area contributed by atoms with E-state index in [1.807, 2.05) is 24.3 Å². The lowest BCUT2D eigenvalue weighted by molar-refractivity contribution is 0.462. The number of ether oxygens (including phenoxy) is 1. The van der Waals surface area contributed by atoms with Crippen molar-refractivity contribution in [2.45, 2.75) is 0 Å². The van der Waals surface area contributed by atoms with E-state index in [9.17, 15) is 0 Å². The minimum atomic E-state index is 0.256. The van der Waals surface area contributed by atoms with Gasteiger partial charge in [0.1, 0.15) is 16.4 Å². The second-order valence-corrected chi connectivity index (χ2v) is 4.64. The normalized spacial score (nSPS) is 9.94.